The molecule has 1 atom stereocenters. The summed E-state index contributed by atoms with van der Waals surface area (Å²) in [5, 5.41) is 9.64. The number of morpholine rings is 1. The molecule has 1 N–H and O–H groups in total. The van der Waals surface area contributed by atoms with E-state index in [0.29, 0.717) is 6.61 Å². The molecule has 102 valence electrons. The Hall–Kier alpha value is -2.15. The number of ether oxygens (including phenoxy) is 2. The maximum atomic E-state index is 12.3. The summed E-state index contributed by atoms with van der Waals surface area (Å²) < 4.78 is 9.83. The maximum Gasteiger partial charge on any atom is 0.331 e. The smallest absolute Gasteiger partial charge is 0.331 e. The number of aromatic hydroxyl groups is 1. The van der Waals surface area contributed by atoms with Crippen LogP contribution in [0.3, 0.4) is 0 Å². The van der Waals surface area contributed by atoms with Crippen molar-refractivity contribution in [3.63, 3.8) is 0 Å². The number of methoxy groups -OCH3 is 1. The molecule has 7 nitrogen and oxygen atoms in total. The number of rotatable bonds is 2. The zero-order valence-corrected chi connectivity index (χ0v) is 10.4. The lowest BCUT2D eigenvalue weighted by Gasteiger charge is -2.33. The van der Waals surface area contributed by atoms with Crippen LogP contribution in [0.4, 0.5) is 0 Å². The Morgan fingerprint density at radius 1 is 1.58 bits per heavy atom. The van der Waals surface area contributed by atoms with Crippen LogP contribution >= 0.6 is 0 Å². The van der Waals surface area contributed by atoms with E-state index in [4.69, 9.17) is 4.74 Å². The number of nitrogens with zero attached hydrogens (tertiary/aromatic N) is 2. The molecule has 0 aromatic carbocycles. The zero-order chi connectivity index (χ0) is 13.8. The molecule has 19 heavy (non-hydrogen) atoms. The highest BCUT2D eigenvalue weighted by Gasteiger charge is 2.34. The molecule has 1 aliphatic rings. The van der Waals surface area contributed by atoms with Crippen molar-refractivity contribution in [2.24, 2.45) is 0 Å². The SMILES string of the molecule is COC(=O)C1COCCN1C(=O)c1ccncc1O. The van der Waals surface area contributed by atoms with Crippen LogP contribution in [-0.2, 0) is 14.3 Å². The summed E-state index contributed by atoms with van der Waals surface area (Å²) in [7, 11) is 1.25. The summed E-state index contributed by atoms with van der Waals surface area (Å²) in [6.45, 7) is 0.690. The van der Waals surface area contributed by atoms with Gasteiger partial charge in [0.05, 0.1) is 32.1 Å². The molecule has 0 radical (unpaired) electrons. The Kier molecular flexibility index (Phi) is 3.96. The summed E-state index contributed by atoms with van der Waals surface area (Å²) in [5.74, 6) is -1.21. The highest BCUT2D eigenvalue weighted by Crippen LogP contribution is 2.19. The van der Waals surface area contributed by atoms with E-state index in [1.807, 2.05) is 0 Å². The number of amides is 1. The molecule has 2 rings (SSSR count). The van der Waals surface area contributed by atoms with Crippen LogP contribution < -0.4 is 0 Å². The number of carbonyl (C=O) groups is 2. The summed E-state index contributed by atoms with van der Waals surface area (Å²) in [5.41, 5.74) is 0.103. The van der Waals surface area contributed by atoms with Crippen LogP contribution in [0.15, 0.2) is 18.5 Å². The molecule has 1 aliphatic heterocycles. The number of hydrogen-bond donors (Lipinski definition) is 1. The van der Waals surface area contributed by atoms with Gasteiger partial charge in [0.1, 0.15) is 5.75 Å². The number of esters is 1. The van der Waals surface area contributed by atoms with Crippen LogP contribution in [-0.4, -0.2) is 59.8 Å². The highest BCUT2D eigenvalue weighted by molar-refractivity contribution is 5.99. The van der Waals surface area contributed by atoms with Gasteiger partial charge in [0.25, 0.3) is 5.91 Å². The van der Waals surface area contributed by atoms with Gasteiger partial charge in [0, 0.05) is 12.7 Å². The average Bonchev–Trinajstić information content (AvgIpc) is 2.46. The van der Waals surface area contributed by atoms with Gasteiger partial charge in [-0.1, -0.05) is 0 Å². The van der Waals surface area contributed by atoms with Gasteiger partial charge >= 0.3 is 5.97 Å². The minimum Gasteiger partial charge on any atom is -0.505 e. The van der Waals surface area contributed by atoms with E-state index in [9.17, 15) is 14.7 Å². The number of aromatic nitrogens is 1. The minimum atomic E-state index is -0.793. The molecule has 2 heterocycles. The lowest BCUT2D eigenvalue weighted by Crippen LogP contribution is -2.53. The fourth-order valence-electron chi connectivity index (χ4n) is 1.90. The minimum absolute atomic E-state index is 0.0876. The molecule has 1 fully saturated rings. The van der Waals surface area contributed by atoms with Crippen molar-refractivity contribution in [3.8, 4) is 5.75 Å². The lowest BCUT2D eigenvalue weighted by atomic mass is 10.1. The second-order valence-corrected chi connectivity index (χ2v) is 4.01. The second-order valence-electron chi connectivity index (χ2n) is 4.01. The summed E-state index contributed by atoms with van der Waals surface area (Å²) in [6, 6.07) is 0.611. The van der Waals surface area contributed by atoms with Crippen molar-refractivity contribution in [1.29, 1.82) is 0 Å². The van der Waals surface area contributed by atoms with Gasteiger partial charge in [0.15, 0.2) is 6.04 Å². The van der Waals surface area contributed by atoms with E-state index in [1.165, 1.54) is 30.5 Å². The van der Waals surface area contributed by atoms with Crippen molar-refractivity contribution in [2.45, 2.75) is 6.04 Å². The predicted octanol–water partition coefficient (Wildman–Crippen LogP) is -0.199. The molecule has 0 spiro atoms. The van der Waals surface area contributed by atoms with Gasteiger partial charge in [0.2, 0.25) is 0 Å². The Morgan fingerprint density at radius 3 is 3.05 bits per heavy atom. The van der Waals surface area contributed by atoms with Gasteiger partial charge in [-0.3, -0.25) is 9.78 Å². The Labute approximate surface area is 109 Å². The largest absolute Gasteiger partial charge is 0.505 e. The molecule has 1 aromatic rings. The van der Waals surface area contributed by atoms with Crippen molar-refractivity contribution < 1.29 is 24.2 Å². The third-order valence-electron chi connectivity index (χ3n) is 2.89. The maximum absolute atomic E-state index is 12.3. The zero-order valence-electron chi connectivity index (χ0n) is 10.4. The van der Waals surface area contributed by atoms with Crippen molar-refractivity contribution in [2.75, 3.05) is 26.9 Å². The van der Waals surface area contributed by atoms with Gasteiger partial charge in [-0.05, 0) is 6.07 Å². The quantitative estimate of drug-likeness (QED) is 0.746. The van der Waals surface area contributed by atoms with Crippen LogP contribution in [0.5, 0.6) is 5.75 Å². The Balaban J connectivity index is 2.25. The van der Waals surface area contributed by atoms with Gasteiger partial charge in [-0.2, -0.15) is 0 Å². The Bertz CT molecular complexity index is 491. The van der Waals surface area contributed by atoms with Crippen molar-refractivity contribution in [1.82, 2.24) is 9.88 Å². The third-order valence-corrected chi connectivity index (χ3v) is 2.89. The van der Waals surface area contributed by atoms with Crippen molar-refractivity contribution >= 4 is 11.9 Å². The third kappa shape index (κ3) is 2.65. The van der Waals surface area contributed by atoms with E-state index in [-0.39, 0.29) is 24.5 Å². The molecule has 1 amide bonds. The fraction of sp³-hybridized carbons (Fsp3) is 0.417. The molecule has 0 bridgehead atoms. The number of carbonyl (C=O) groups excluding carboxylic acids is 2. The fourth-order valence-corrected chi connectivity index (χ4v) is 1.90. The van der Waals surface area contributed by atoms with Crippen LogP contribution in [0.2, 0.25) is 0 Å². The van der Waals surface area contributed by atoms with Crippen LogP contribution in [0.25, 0.3) is 0 Å². The van der Waals surface area contributed by atoms with Gasteiger partial charge in [-0.25, -0.2) is 4.79 Å². The van der Waals surface area contributed by atoms with Gasteiger partial charge in [-0.15, -0.1) is 0 Å². The van der Waals surface area contributed by atoms with E-state index < -0.39 is 17.9 Å². The Morgan fingerprint density at radius 2 is 2.37 bits per heavy atom. The van der Waals surface area contributed by atoms with E-state index in [2.05, 4.69) is 9.72 Å². The average molecular weight is 266 g/mol. The first-order valence-corrected chi connectivity index (χ1v) is 5.74. The van der Waals surface area contributed by atoms with E-state index >= 15 is 0 Å². The first-order valence-electron chi connectivity index (χ1n) is 5.74. The van der Waals surface area contributed by atoms with Crippen molar-refractivity contribution in [3.05, 3.63) is 24.0 Å². The summed E-state index contributed by atoms with van der Waals surface area (Å²) in [6.07, 6.45) is 2.58. The van der Waals surface area contributed by atoms with E-state index in [1.54, 1.807) is 0 Å². The summed E-state index contributed by atoms with van der Waals surface area (Å²) >= 11 is 0. The first kappa shape index (κ1) is 13.3. The first-order chi connectivity index (χ1) is 9.15. The monoisotopic (exact) mass is 266 g/mol. The normalized spacial score (nSPS) is 19.0. The molecule has 1 saturated heterocycles. The van der Waals surface area contributed by atoms with Crippen LogP contribution in [0.1, 0.15) is 10.4 Å². The second kappa shape index (κ2) is 5.66. The van der Waals surface area contributed by atoms with E-state index in [0.717, 1.165) is 0 Å². The number of pyridine rings is 1. The lowest BCUT2D eigenvalue weighted by molar-refractivity contribution is -0.151. The molecule has 0 saturated carbocycles. The molecule has 0 aliphatic carbocycles. The summed E-state index contributed by atoms with van der Waals surface area (Å²) in [4.78, 5) is 29.0. The molecular formula is C12H14N2O5. The standard InChI is InChI=1S/C12H14N2O5/c1-18-12(17)9-7-19-5-4-14(9)11(16)8-2-3-13-6-10(8)15/h2-3,6,9,15H,4-5,7H2,1H3. The molecular weight excluding hydrogens is 252 g/mol. The predicted molar refractivity (Wildman–Crippen MR) is 63.6 cm³/mol. The van der Waals surface area contributed by atoms with Crippen LogP contribution in [0, 0.1) is 0 Å². The van der Waals surface area contributed by atoms with Gasteiger partial charge < -0.3 is 19.5 Å². The topological polar surface area (TPSA) is 89.0 Å². The molecule has 7 heteroatoms. The number of hydrogen-bond acceptors (Lipinski definition) is 6. The molecule has 1 aromatic heterocycles. The molecule has 1 unspecified atom stereocenters. The highest BCUT2D eigenvalue weighted by atomic mass is 16.5.